The van der Waals surface area contributed by atoms with E-state index in [-0.39, 0.29) is 29.3 Å². The van der Waals surface area contributed by atoms with Crippen molar-refractivity contribution in [3.8, 4) is 11.5 Å². The second-order valence-electron chi connectivity index (χ2n) is 8.02. The molecule has 1 unspecified atom stereocenters. The van der Waals surface area contributed by atoms with Crippen molar-refractivity contribution < 1.29 is 23.1 Å². The second kappa shape index (κ2) is 7.49. The summed E-state index contributed by atoms with van der Waals surface area (Å²) in [6.45, 7) is 1.64. The smallest absolute Gasteiger partial charge is 0.254 e. The van der Waals surface area contributed by atoms with Gasteiger partial charge < -0.3 is 14.4 Å². The molecule has 5 rings (SSSR count). The average Bonchev–Trinajstić information content (AvgIpc) is 3.36. The summed E-state index contributed by atoms with van der Waals surface area (Å²) in [7, 11) is 0. The molecule has 7 nitrogen and oxygen atoms in total. The minimum atomic E-state index is -1.38. The number of halogens is 2. The van der Waals surface area contributed by atoms with Crippen LogP contribution in [0.1, 0.15) is 59.5 Å². The highest BCUT2D eigenvalue weighted by atomic mass is 19.1. The van der Waals surface area contributed by atoms with Gasteiger partial charge in [-0.3, -0.25) is 4.79 Å². The van der Waals surface area contributed by atoms with Gasteiger partial charge in [-0.2, -0.15) is 4.39 Å². The molecule has 2 aliphatic rings. The zero-order chi connectivity index (χ0) is 21.7. The molecule has 3 atom stereocenters. The Balaban J connectivity index is 1.44. The quantitative estimate of drug-likeness (QED) is 0.604. The van der Waals surface area contributed by atoms with Crippen LogP contribution in [0.15, 0.2) is 40.8 Å². The van der Waals surface area contributed by atoms with Crippen LogP contribution in [0.3, 0.4) is 0 Å². The topological polar surface area (TPSA) is 92.4 Å². The van der Waals surface area contributed by atoms with Gasteiger partial charge in [0.05, 0.1) is 11.7 Å². The number of carbonyl (C=O) groups excluding carboxylic acids is 1. The van der Waals surface area contributed by atoms with Gasteiger partial charge in [-0.05, 0) is 55.5 Å². The molecular weight excluding hydrogens is 406 g/mol. The van der Waals surface area contributed by atoms with Crippen LogP contribution in [-0.2, 0) is 6.54 Å². The summed E-state index contributed by atoms with van der Waals surface area (Å²) in [4.78, 5) is 18.7. The normalized spacial score (nSPS) is 18.7. The summed E-state index contributed by atoms with van der Waals surface area (Å²) in [5.74, 6) is -0.766. The molecule has 1 aliphatic heterocycles. The van der Waals surface area contributed by atoms with Gasteiger partial charge in [0, 0.05) is 17.7 Å². The highest BCUT2D eigenvalue weighted by Crippen LogP contribution is 2.43. The summed E-state index contributed by atoms with van der Waals surface area (Å²) in [6, 6.07) is 8.96. The number of hydrogen-bond donors (Lipinski definition) is 1. The number of rotatable bonds is 6. The van der Waals surface area contributed by atoms with Gasteiger partial charge in [0.25, 0.3) is 11.8 Å². The highest BCUT2D eigenvalue weighted by molar-refractivity contribution is 5.99. The minimum Gasteiger partial charge on any atom is -0.418 e. The van der Waals surface area contributed by atoms with Crippen molar-refractivity contribution in [2.75, 3.05) is 0 Å². The van der Waals surface area contributed by atoms with Crippen molar-refractivity contribution in [2.24, 2.45) is 5.92 Å². The number of hydrogen-bond acceptors (Lipinski definition) is 6. The maximum Gasteiger partial charge on any atom is 0.254 e. The Bertz CT molecular complexity index is 1150. The fourth-order valence-electron chi connectivity index (χ4n) is 4.09. The number of nitrogens with zero attached hydrogens (tertiary/aromatic N) is 4. The fourth-order valence-corrected chi connectivity index (χ4v) is 4.09. The van der Waals surface area contributed by atoms with Crippen LogP contribution in [0, 0.1) is 11.9 Å². The van der Waals surface area contributed by atoms with E-state index in [0.717, 1.165) is 18.4 Å². The molecule has 2 aromatic heterocycles. The van der Waals surface area contributed by atoms with Gasteiger partial charge >= 0.3 is 0 Å². The van der Waals surface area contributed by atoms with E-state index in [1.54, 1.807) is 29.2 Å². The SMILES string of the molecule is CC(F)c1nnc(-c2ccc3c(c2)C(=O)N([C@H](C2CC2)[C@@H](O)c2cccc(F)n2)C3)o1. The van der Waals surface area contributed by atoms with E-state index < -0.39 is 24.3 Å². The van der Waals surface area contributed by atoms with E-state index in [0.29, 0.717) is 17.7 Å². The van der Waals surface area contributed by atoms with E-state index >= 15 is 0 Å². The summed E-state index contributed by atoms with van der Waals surface area (Å²) < 4.78 is 32.3. The van der Waals surface area contributed by atoms with Gasteiger partial charge in [0.2, 0.25) is 11.8 Å². The van der Waals surface area contributed by atoms with Crippen LogP contribution in [0.25, 0.3) is 11.5 Å². The number of aromatic nitrogens is 3. The Morgan fingerprint density at radius 2 is 2.03 bits per heavy atom. The number of fused-ring (bicyclic) bond motifs is 1. The number of amides is 1. The van der Waals surface area contributed by atoms with E-state index in [2.05, 4.69) is 15.2 Å². The predicted molar refractivity (Wildman–Crippen MR) is 105 cm³/mol. The maximum atomic E-state index is 13.6. The zero-order valence-corrected chi connectivity index (χ0v) is 16.7. The van der Waals surface area contributed by atoms with Crippen molar-refractivity contribution in [3.05, 3.63) is 65.1 Å². The number of carbonyl (C=O) groups is 1. The molecular formula is C22H20F2N4O3. The van der Waals surface area contributed by atoms with E-state index in [4.69, 9.17) is 4.42 Å². The van der Waals surface area contributed by atoms with Crippen molar-refractivity contribution in [1.29, 1.82) is 0 Å². The van der Waals surface area contributed by atoms with Gasteiger partial charge in [-0.1, -0.05) is 12.1 Å². The van der Waals surface area contributed by atoms with E-state index in [1.165, 1.54) is 19.1 Å². The van der Waals surface area contributed by atoms with E-state index in [1.807, 2.05) is 0 Å². The van der Waals surface area contributed by atoms with Crippen LogP contribution in [-0.4, -0.2) is 37.1 Å². The second-order valence-corrected chi connectivity index (χ2v) is 8.02. The molecule has 1 amide bonds. The third-order valence-corrected chi connectivity index (χ3v) is 5.80. The van der Waals surface area contributed by atoms with Crippen molar-refractivity contribution >= 4 is 5.91 Å². The number of pyridine rings is 1. The zero-order valence-electron chi connectivity index (χ0n) is 16.7. The van der Waals surface area contributed by atoms with Gasteiger partial charge in [0.15, 0.2) is 6.17 Å². The summed E-state index contributed by atoms with van der Waals surface area (Å²) in [5, 5.41) is 18.5. The monoisotopic (exact) mass is 426 g/mol. The third-order valence-electron chi connectivity index (χ3n) is 5.80. The average molecular weight is 426 g/mol. The fraction of sp³-hybridized carbons (Fsp3) is 0.364. The van der Waals surface area contributed by atoms with Crippen LogP contribution >= 0.6 is 0 Å². The molecule has 0 radical (unpaired) electrons. The molecule has 1 N–H and O–H groups in total. The lowest BCUT2D eigenvalue weighted by molar-refractivity contribution is 0.0274. The van der Waals surface area contributed by atoms with Crippen LogP contribution in [0.5, 0.6) is 0 Å². The Morgan fingerprint density at radius 3 is 2.71 bits per heavy atom. The Hall–Kier alpha value is -3.20. The molecule has 3 aromatic rings. The number of alkyl halides is 1. The molecule has 9 heteroatoms. The van der Waals surface area contributed by atoms with Crippen molar-refractivity contribution in [1.82, 2.24) is 20.1 Å². The molecule has 1 aromatic carbocycles. The van der Waals surface area contributed by atoms with E-state index in [9.17, 15) is 18.7 Å². The maximum absolute atomic E-state index is 13.6. The van der Waals surface area contributed by atoms with Gasteiger partial charge in [-0.25, -0.2) is 9.37 Å². The molecule has 1 saturated carbocycles. The molecule has 3 heterocycles. The van der Waals surface area contributed by atoms with Crippen LogP contribution in [0.4, 0.5) is 8.78 Å². The highest BCUT2D eigenvalue weighted by Gasteiger charge is 2.45. The lowest BCUT2D eigenvalue weighted by Gasteiger charge is -2.31. The predicted octanol–water partition coefficient (Wildman–Crippen LogP) is 3.77. The molecule has 1 aliphatic carbocycles. The minimum absolute atomic E-state index is 0.122. The lowest BCUT2D eigenvalue weighted by Crippen LogP contribution is -2.41. The number of benzene rings is 1. The van der Waals surface area contributed by atoms with Gasteiger partial charge in [-0.15, -0.1) is 10.2 Å². The summed E-state index contributed by atoms with van der Waals surface area (Å²) >= 11 is 0. The molecule has 0 saturated heterocycles. The Morgan fingerprint density at radius 1 is 1.23 bits per heavy atom. The van der Waals surface area contributed by atoms with Crippen molar-refractivity contribution in [2.45, 2.75) is 44.6 Å². The first-order valence-electron chi connectivity index (χ1n) is 10.1. The third kappa shape index (κ3) is 3.59. The molecule has 31 heavy (non-hydrogen) atoms. The van der Waals surface area contributed by atoms with Gasteiger partial charge in [0.1, 0.15) is 6.10 Å². The summed E-state index contributed by atoms with van der Waals surface area (Å²) in [6.07, 6.45) is -0.709. The molecule has 1 fully saturated rings. The first-order chi connectivity index (χ1) is 14.9. The largest absolute Gasteiger partial charge is 0.418 e. The Kier molecular flexibility index (Phi) is 4.77. The number of aliphatic hydroxyl groups is 1. The molecule has 0 bridgehead atoms. The molecule has 160 valence electrons. The van der Waals surface area contributed by atoms with Crippen LogP contribution in [0.2, 0.25) is 0 Å². The first-order valence-corrected chi connectivity index (χ1v) is 10.1. The standard InChI is InChI=1S/C22H20F2N4O3/c1-11(23)20-26-27-21(31-20)13-7-8-14-10-28(22(30)15(14)9-13)18(12-5-6-12)19(29)16-3-2-4-17(24)25-16/h2-4,7-9,11-12,18-19,29H,5-6,10H2,1H3/t11?,18-,19+/m1/s1. The summed E-state index contributed by atoms with van der Waals surface area (Å²) in [5.41, 5.74) is 2.00. The van der Waals surface area contributed by atoms with Crippen LogP contribution < -0.4 is 0 Å². The van der Waals surface area contributed by atoms with Crippen molar-refractivity contribution in [3.63, 3.8) is 0 Å². The first kappa shape index (κ1) is 19.7. The molecule has 0 spiro atoms. The lowest BCUT2D eigenvalue weighted by atomic mass is 10.0. The number of aliphatic hydroxyl groups excluding tert-OH is 1. The Labute approximate surface area is 176 Å².